The van der Waals surface area contributed by atoms with Gasteiger partial charge in [-0.3, -0.25) is 0 Å². The summed E-state index contributed by atoms with van der Waals surface area (Å²) >= 11 is 0. The quantitative estimate of drug-likeness (QED) is 0.789. The van der Waals surface area contributed by atoms with E-state index in [1.165, 1.54) is 11.1 Å². The van der Waals surface area contributed by atoms with Crippen LogP contribution in [0, 0.1) is 18.3 Å². The standard InChI is InChI=1S/C15H12N4O/c1-10-4-2-3-5-11(10)8-14-18-15(20-19-14)13-7-6-12(9-16)17-13/h2-7,17H,8H2,1H3. The molecule has 98 valence electrons. The average Bonchev–Trinajstić information content (AvgIpc) is 3.10. The molecule has 3 aromatic rings. The molecular weight excluding hydrogens is 252 g/mol. The van der Waals surface area contributed by atoms with Crippen LogP contribution in [0.25, 0.3) is 11.6 Å². The van der Waals surface area contributed by atoms with Crippen LogP contribution in [0.5, 0.6) is 0 Å². The van der Waals surface area contributed by atoms with Gasteiger partial charge in [-0.2, -0.15) is 10.2 Å². The molecule has 0 radical (unpaired) electrons. The number of rotatable bonds is 3. The number of nitrogens with zero attached hydrogens (tertiary/aromatic N) is 3. The number of aromatic nitrogens is 3. The summed E-state index contributed by atoms with van der Waals surface area (Å²) < 4.78 is 5.22. The van der Waals surface area contributed by atoms with Gasteiger partial charge in [-0.15, -0.1) is 0 Å². The third-order valence-electron chi connectivity index (χ3n) is 3.11. The monoisotopic (exact) mass is 264 g/mol. The van der Waals surface area contributed by atoms with E-state index in [0.29, 0.717) is 29.5 Å². The second kappa shape index (κ2) is 5.02. The Morgan fingerprint density at radius 3 is 2.85 bits per heavy atom. The average molecular weight is 264 g/mol. The zero-order valence-corrected chi connectivity index (χ0v) is 10.9. The largest absolute Gasteiger partial charge is 0.342 e. The van der Waals surface area contributed by atoms with Crippen molar-refractivity contribution >= 4 is 0 Å². The zero-order chi connectivity index (χ0) is 13.9. The van der Waals surface area contributed by atoms with E-state index >= 15 is 0 Å². The number of hydrogen-bond acceptors (Lipinski definition) is 4. The molecule has 0 saturated carbocycles. The number of hydrogen-bond donors (Lipinski definition) is 1. The summed E-state index contributed by atoms with van der Waals surface area (Å²) in [6.07, 6.45) is 0.627. The van der Waals surface area contributed by atoms with Gasteiger partial charge in [-0.1, -0.05) is 29.4 Å². The Kier molecular flexibility index (Phi) is 3.05. The topological polar surface area (TPSA) is 78.5 Å². The van der Waals surface area contributed by atoms with Gasteiger partial charge in [0.25, 0.3) is 5.89 Å². The van der Waals surface area contributed by atoms with Gasteiger partial charge in [0.15, 0.2) is 5.82 Å². The second-order valence-electron chi connectivity index (χ2n) is 4.52. The molecule has 1 aromatic carbocycles. The predicted octanol–water partition coefficient (Wildman–Crippen LogP) is 2.84. The highest BCUT2D eigenvalue weighted by Crippen LogP contribution is 2.18. The third-order valence-corrected chi connectivity index (χ3v) is 3.11. The van der Waals surface area contributed by atoms with Crippen molar-refractivity contribution < 1.29 is 4.52 Å². The van der Waals surface area contributed by atoms with Crippen LogP contribution in [0.2, 0.25) is 0 Å². The summed E-state index contributed by atoms with van der Waals surface area (Å²) in [5.41, 5.74) is 3.50. The number of aromatic amines is 1. The Balaban J connectivity index is 1.84. The lowest BCUT2D eigenvalue weighted by Crippen LogP contribution is -1.93. The van der Waals surface area contributed by atoms with Crippen LogP contribution in [-0.2, 0) is 6.42 Å². The summed E-state index contributed by atoms with van der Waals surface area (Å²) in [4.78, 5) is 7.26. The van der Waals surface area contributed by atoms with Crippen LogP contribution in [0.3, 0.4) is 0 Å². The van der Waals surface area contributed by atoms with E-state index in [9.17, 15) is 0 Å². The lowest BCUT2D eigenvalue weighted by molar-refractivity contribution is 0.423. The van der Waals surface area contributed by atoms with E-state index in [4.69, 9.17) is 9.78 Å². The fourth-order valence-electron chi connectivity index (χ4n) is 2.00. The maximum atomic E-state index is 8.78. The number of nitrogens with one attached hydrogen (secondary N) is 1. The lowest BCUT2D eigenvalue weighted by Gasteiger charge is -2.00. The van der Waals surface area contributed by atoms with Crippen molar-refractivity contribution in [3.8, 4) is 17.7 Å². The molecule has 0 aliphatic heterocycles. The second-order valence-corrected chi connectivity index (χ2v) is 4.52. The first-order chi connectivity index (χ1) is 9.76. The van der Waals surface area contributed by atoms with Gasteiger partial charge in [0.05, 0.1) is 0 Å². The molecule has 0 amide bonds. The minimum Gasteiger partial charge on any atom is -0.342 e. The van der Waals surface area contributed by atoms with E-state index < -0.39 is 0 Å². The summed E-state index contributed by atoms with van der Waals surface area (Å²) in [5, 5.41) is 12.8. The van der Waals surface area contributed by atoms with Crippen LogP contribution >= 0.6 is 0 Å². The molecule has 0 aliphatic carbocycles. The van der Waals surface area contributed by atoms with Crippen molar-refractivity contribution in [2.24, 2.45) is 0 Å². The molecule has 2 aromatic heterocycles. The molecule has 0 aliphatic rings. The summed E-state index contributed by atoms with van der Waals surface area (Å²) in [7, 11) is 0. The molecule has 2 heterocycles. The third kappa shape index (κ3) is 2.31. The Morgan fingerprint density at radius 2 is 2.10 bits per heavy atom. The zero-order valence-electron chi connectivity index (χ0n) is 10.9. The van der Waals surface area contributed by atoms with E-state index in [1.807, 2.05) is 24.3 Å². The van der Waals surface area contributed by atoms with Crippen molar-refractivity contribution in [2.75, 3.05) is 0 Å². The van der Waals surface area contributed by atoms with Crippen molar-refractivity contribution in [3.63, 3.8) is 0 Å². The Morgan fingerprint density at radius 1 is 1.25 bits per heavy atom. The van der Waals surface area contributed by atoms with E-state index in [0.717, 1.165) is 0 Å². The molecule has 5 nitrogen and oxygen atoms in total. The van der Waals surface area contributed by atoms with Crippen LogP contribution in [0.1, 0.15) is 22.6 Å². The maximum Gasteiger partial charge on any atom is 0.274 e. The van der Waals surface area contributed by atoms with Crippen LogP contribution in [0.15, 0.2) is 40.9 Å². The highest BCUT2D eigenvalue weighted by atomic mass is 16.5. The molecule has 0 fully saturated rings. The Labute approximate surface area is 115 Å². The normalized spacial score (nSPS) is 10.4. The van der Waals surface area contributed by atoms with Crippen molar-refractivity contribution in [1.82, 2.24) is 15.1 Å². The van der Waals surface area contributed by atoms with Crippen molar-refractivity contribution in [3.05, 3.63) is 59.0 Å². The number of benzene rings is 1. The van der Waals surface area contributed by atoms with E-state index in [-0.39, 0.29) is 0 Å². The molecule has 0 atom stereocenters. The van der Waals surface area contributed by atoms with Crippen LogP contribution in [0.4, 0.5) is 0 Å². The van der Waals surface area contributed by atoms with Crippen LogP contribution < -0.4 is 0 Å². The molecule has 1 N–H and O–H groups in total. The van der Waals surface area contributed by atoms with Crippen molar-refractivity contribution in [1.29, 1.82) is 5.26 Å². The molecule has 20 heavy (non-hydrogen) atoms. The molecule has 3 rings (SSSR count). The van der Waals surface area contributed by atoms with Gasteiger partial charge in [-0.25, -0.2) is 0 Å². The maximum absolute atomic E-state index is 8.78. The first-order valence-corrected chi connectivity index (χ1v) is 6.23. The summed E-state index contributed by atoms with van der Waals surface area (Å²) in [6.45, 7) is 2.06. The van der Waals surface area contributed by atoms with Gasteiger partial charge in [0, 0.05) is 6.42 Å². The minimum absolute atomic E-state index is 0.398. The van der Waals surface area contributed by atoms with E-state index in [1.54, 1.807) is 12.1 Å². The summed E-state index contributed by atoms with van der Waals surface area (Å²) in [6, 6.07) is 13.6. The minimum atomic E-state index is 0.398. The summed E-state index contributed by atoms with van der Waals surface area (Å²) in [5.74, 6) is 1.03. The van der Waals surface area contributed by atoms with Gasteiger partial charge < -0.3 is 9.51 Å². The Hall–Kier alpha value is -2.87. The highest BCUT2D eigenvalue weighted by molar-refractivity contribution is 5.49. The first kappa shape index (κ1) is 12.2. The fraction of sp³-hybridized carbons (Fsp3) is 0.133. The van der Waals surface area contributed by atoms with Gasteiger partial charge in [0.2, 0.25) is 0 Å². The molecule has 0 spiro atoms. The molecule has 5 heteroatoms. The Bertz CT molecular complexity index is 779. The van der Waals surface area contributed by atoms with E-state index in [2.05, 4.69) is 28.1 Å². The SMILES string of the molecule is Cc1ccccc1Cc1noc(-c2ccc(C#N)[nH]2)n1. The molecule has 0 unspecified atom stereocenters. The lowest BCUT2D eigenvalue weighted by atomic mass is 10.1. The molecule has 0 saturated heterocycles. The predicted molar refractivity (Wildman–Crippen MR) is 72.8 cm³/mol. The molecule has 0 bridgehead atoms. The first-order valence-electron chi connectivity index (χ1n) is 6.23. The smallest absolute Gasteiger partial charge is 0.274 e. The van der Waals surface area contributed by atoms with Crippen LogP contribution in [-0.4, -0.2) is 15.1 Å². The van der Waals surface area contributed by atoms with Gasteiger partial charge in [-0.05, 0) is 30.2 Å². The highest BCUT2D eigenvalue weighted by Gasteiger charge is 2.11. The molecular formula is C15H12N4O. The van der Waals surface area contributed by atoms with Gasteiger partial charge >= 0.3 is 0 Å². The number of H-pyrrole nitrogens is 1. The number of nitriles is 1. The van der Waals surface area contributed by atoms with Gasteiger partial charge in [0.1, 0.15) is 17.5 Å². The number of aryl methyl sites for hydroxylation is 1. The van der Waals surface area contributed by atoms with Crippen molar-refractivity contribution in [2.45, 2.75) is 13.3 Å². The fourth-order valence-corrected chi connectivity index (χ4v) is 2.00.